The van der Waals surface area contributed by atoms with Crippen molar-refractivity contribution >= 4 is 0 Å². The summed E-state index contributed by atoms with van der Waals surface area (Å²) >= 11 is 0. The molecule has 0 aliphatic rings. The lowest BCUT2D eigenvalue weighted by atomic mass is 10.2. The van der Waals surface area contributed by atoms with Crippen LogP contribution in [0.1, 0.15) is 17.3 Å². The minimum absolute atomic E-state index is 0.108. The van der Waals surface area contributed by atoms with Crippen LogP contribution < -0.4 is 5.73 Å². The van der Waals surface area contributed by atoms with Crippen LogP contribution in [0.15, 0.2) is 36.8 Å². The quantitative estimate of drug-likeness (QED) is 0.827. The molecule has 2 aromatic rings. The van der Waals surface area contributed by atoms with Crippen LogP contribution in [0.4, 0.5) is 0 Å². The van der Waals surface area contributed by atoms with E-state index in [4.69, 9.17) is 15.6 Å². The van der Waals surface area contributed by atoms with Crippen molar-refractivity contribution in [1.82, 2.24) is 9.55 Å². The van der Waals surface area contributed by atoms with Crippen molar-refractivity contribution in [3.8, 4) is 5.69 Å². The lowest BCUT2D eigenvalue weighted by Gasteiger charge is -2.13. The maximum absolute atomic E-state index is 9.13. The molecule has 5 nitrogen and oxygen atoms in total. The zero-order valence-electron chi connectivity index (χ0n) is 10.3. The van der Waals surface area contributed by atoms with Crippen molar-refractivity contribution in [2.75, 3.05) is 13.7 Å². The molecule has 0 fully saturated rings. The van der Waals surface area contributed by atoms with Crippen molar-refractivity contribution in [3.05, 3.63) is 48.0 Å². The fourth-order valence-electron chi connectivity index (χ4n) is 1.85. The third-order valence-corrected chi connectivity index (χ3v) is 2.74. The van der Waals surface area contributed by atoms with Gasteiger partial charge in [0.1, 0.15) is 0 Å². The van der Waals surface area contributed by atoms with Gasteiger partial charge >= 0.3 is 0 Å². The standard InChI is InChI=1S/C13H17N3O2/c1-18-8-10-3-2-4-11(5-10)16-9-15-6-13(16)12(14)7-17/h2-6,9,12,17H,7-8,14H2,1H3. The fraction of sp³-hybridized carbons (Fsp3) is 0.308. The highest BCUT2D eigenvalue weighted by molar-refractivity contribution is 5.37. The predicted octanol–water partition coefficient (Wildman–Crippen LogP) is 1.01. The third kappa shape index (κ3) is 2.59. The van der Waals surface area contributed by atoms with E-state index >= 15 is 0 Å². The smallest absolute Gasteiger partial charge is 0.0994 e. The van der Waals surface area contributed by atoms with E-state index in [2.05, 4.69) is 4.98 Å². The molecule has 0 amide bonds. The molecule has 0 aliphatic heterocycles. The van der Waals surface area contributed by atoms with E-state index in [0.29, 0.717) is 6.61 Å². The van der Waals surface area contributed by atoms with Gasteiger partial charge in [-0.15, -0.1) is 0 Å². The van der Waals surface area contributed by atoms with Crippen LogP contribution >= 0.6 is 0 Å². The molecular weight excluding hydrogens is 230 g/mol. The van der Waals surface area contributed by atoms with Gasteiger partial charge in [-0.25, -0.2) is 4.98 Å². The van der Waals surface area contributed by atoms with Crippen LogP contribution in [0, 0.1) is 0 Å². The van der Waals surface area contributed by atoms with E-state index in [1.807, 2.05) is 28.8 Å². The highest BCUT2D eigenvalue weighted by atomic mass is 16.5. The van der Waals surface area contributed by atoms with Crippen LogP contribution in [-0.2, 0) is 11.3 Å². The first kappa shape index (κ1) is 12.8. The summed E-state index contributed by atoms with van der Waals surface area (Å²) in [6.45, 7) is 0.452. The highest BCUT2D eigenvalue weighted by Crippen LogP contribution is 2.17. The molecule has 1 aromatic heterocycles. The molecule has 1 aromatic carbocycles. The van der Waals surface area contributed by atoms with Gasteiger partial charge in [0.25, 0.3) is 0 Å². The topological polar surface area (TPSA) is 73.3 Å². The second-order valence-corrected chi connectivity index (χ2v) is 4.08. The molecular formula is C13H17N3O2. The summed E-state index contributed by atoms with van der Waals surface area (Å²) in [6, 6.07) is 7.50. The molecule has 0 aliphatic carbocycles. The Morgan fingerprint density at radius 1 is 1.50 bits per heavy atom. The number of imidazole rings is 1. The van der Waals surface area contributed by atoms with Crippen LogP contribution in [0.5, 0.6) is 0 Å². The molecule has 0 spiro atoms. The first-order valence-corrected chi connectivity index (χ1v) is 5.73. The molecule has 18 heavy (non-hydrogen) atoms. The van der Waals surface area contributed by atoms with Crippen molar-refractivity contribution in [1.29, 1.82) is 0 Å². The Balaban J connectivity index is 2.36. The molecule has 2 rings (SSSR count). The minimum Gasteiger partial charge on any atom is -0.394 e. The van der Waals surface area contributed by atoms with Gasteiger partial charge in [-0.05, 0) is 17.7 Å². The number of ether oxygens (including phenoxy) is 1. The van der Waals surface area contributed by atoms with E-state index in [1.165, 1.54) is 0 Å². The highest BCUT2D eigenvalue weighted by Gasteiger charge is 2.11. The van der Waals surface area contributed by atoms with Gasteiger partial charge in [-0.2, -0.15) is 0 Å². The molecule has 0 saturated heterocycles. The van der Waals surface area contributed by atoms with Crippen molar-refractivity contribution < 1.29 is 9.84 Å². The minimum atomic E-state index is -0.432. The number of aromatic nitrogens is 2. The molecule has 0 bridgehead atoms. The Hall–Kier alpha value is -1.69. The molecule has 1 heterocycles. The van der Waals surface area contributed by atoms with Gasteiger partial charge in [-0.3, -0.25) is 0 Å². The Kier molecular flexibility index (Phi) is 4.09. The van der Waals surface area contributed by atoms with Crippen LogP contribution in [0.2, 0.25) is 0 Å². The first-order valence-electron chi connectivity index (χ1n) is 5.73. The summed E-state index contributed by atoms with van der Waals surface area (Å²) < 4.78 is 6.98. The fourth-order valence-corrected chi connectivity index (χ4v) is 1.85. The van der Waals surface area contributed by atoms with Gasteiger partial charge in [-0.1, -0.05) is 12.1 Å². The largest absolute Gasteiger partial charge is 0.394 e. The van der Waals surface area contributed by atoms with E-state index in [0.717, 1.165) is 16.9 Å². The van der Waals surface area contributed by atoms with E-state index < -0.39 is 6.04 Å². The summed E-state index contributed by atoms with van der Waals surface area (Å²) in [4.78, 5) is 4.08. The van der Waals surface area contributed by atoms with Gasteiger partial charge < -0.3 is 20.1 Å². The zero-order chi connectivity index (χ0) is 13.0. The lowest BCUT2D eigenvalue weighted by Crippen LogP contribution is -2.18. The average Bonchev–Trinajstić information content (AvgIpc) is 2.88. The van der Waals surface area contributed by atoms with Gasteiger partial charge in [0.05, 0.1) is 37.5 Å². The first-order chi connectivity index (χ1) is 8.76. The average molecular weight is 247 g/mol. The third-order valence-electron chi connectivity index (χ3n) is 2.74. The number of aliphatic hydroxyl groups excluding tert-OH is 1. The molecule has 3 N–H and O–H groups in total. The summed E-state index contributed by atoms with van der Waals surface area (Å²) in [5, 5.41) is 9.13. The number of rotatable bonds is 5. The Morgan fingerprint density at radius 2 is 2.33 bits per heavy atom. The molecule has 1 unspecified atom stereocenters. The Bertz CT molecular complexity index is 510. The van der Waals surface area contributed by atoms with E-state index in [1.54, 1.807) is 19.6 Å². The maximum Gasteiger partial charge on any atom is 0.0994 e. The summed E-state index contributed by atoms with van der Waals surface area (Å²) in [5.41, 5.74) is 8.66. The second-order valence-electron chi connectivity index (χ2n) is 4.08. The Labute approximate surface area is 106 Å². The maximum atomic E-state index is 9.13. The molecule has 5 heteroatoms. The van der Waals surface area contributed by atoms with Gasteiger partial charge in [0.15, 0.2) is 0 Å². The second kappa shape index (κ2) is 5.77. The normalized spacial score (nSPS) is 12.6. The molecule has 0 radical (unpaired) electrons. The van der Waals surface area contributed by atoms with Gasteiger partial charge in [0, 0.05) is 12.8 Å². The number of benzene rings is 1. The van der Waals surface area contributed by atoms with Crippen LogP contribution in [0.3, 0.4) is 0 Å². The monoisotopic (exact) mass is 247 g/mol. The number of hydrogen-bond acceptors (Lipinski definition) is 4. The molecule has 1 atom stereocenters. The van der Waals surface area contributed by atoms with Crippen molar-refractivity contribution in [3.63, 3.8) is 0 Å². The number of methoxy groups -OCH3 is 1. The van der Waals surface area contributed by atoms with Crippen molar-refractivity contribution in [2.45, 2.75) is 12.6 Å². The Morgan fingerprint density at radius 3 is 3.06 bits per heavy atom. The summed E-state index contributed by atoms with van der Waals surface area (Å²) in [5.74, 6) is 0. The van der Waals surface area contributed by atoms with Crippen LogP contribution in [0.25, 0.3) is 5.69 Å². The number of nitrogens with two attached hydrogens (primary N) is 1. The van der Waals surface area contributed by atoms with Gasteiger partial charge in [0.2, 0.25) is 0 Å². The number of aliphatic hydroxyl groups is 1. The SMILES string of the molecule is COCc1cccc(-n2cncc2C(N)CO)c1. The van der Waals surface area contributed by atoms with Crippen molar-refractivity contribution in [2.24, 2.45) is 5.73 Å². The molecule has 0 saturated carbocycles. The number of hydrogen-bond donors (Lipinski definition) is 2. The predicted molar refractivity (Wildman–Crippen MR) is 68.3 cm³/mol. The molecule has 96 valence electrons. The van der Waals surface area contributed by atoms with E-state index in [-0.39, 0.29) is 6.61 Å². The lowest BCUT2D eigenvalue weighted by molar-refractivity contribution is 0.185. The number of nitrogens with zero attached hydrogens (tertiary/aromatic N) is 2. The zero-order valence-corrected chi connectivity index (χ0v) is 10.3. The van der Waals surface area contributed by atoms with Crippen LogP contribution in [-0.4, -0.2) is 28.4 Å². The summed E-state index contributed by atoms with van der Waals surface area (Å²) in [7, 11) is 1.66. The van der Waals surface area contributed by atoms with E-state index in [9.17, 15) is 0 Å². The summed E-state index contributed by atoms with van der Waals surface area (Å²) in [6.07, 6.45) is 3.36.